The first-order valence-electron chi connectivity index (χ1n) is 11.3. The van der Waals surface area contributed by atoms with Crippen LogP contribution >= 0.6 is 0 Å². The monoisotopic (exact) mass is 508 g/mol. The van der Waals surface area contributed by atoms with E-state index in [0.29, 0.717) is 10.9 Å². The van der Waals surface area contributed by atoms with Gasteiger partial charge in [0, 0.05) is 12.2 Å². The molecule has 1 heterocycles. The lowest BCUT2D eigenvalue weighted by Gasteiger charge is -2.20. The normalized spacial score (nSPS) is 12.8. The minimum absolute atomic E-state index is 0.0675. The number of hydrogen-bond donors (Lipinski definition) is 3. The van der Waals surface area contributed by atoms with E-state index in [1.807, 2.05) is 0 Å². The highest BCUT2D eigenvalue weighted by Crippen LogP contribution is 2.27. The summed E-state index contributed by atoms with van der Waals surface area (Å²) in [5.74, 6) is -5.78. The number of carboxylic acids is 1. The molecule has 3 aromatic carbocycles. The average molecular weight is 508 g/mol. The molecule has 9 nitrogen and oxygen atoms in total. The number of anilines is 1. The van der Waals surface area contributed by atoms with Gasteiger partial charge in [-0.2, -0.15) is 0 Å². The first-order valence-corrected chi connectivity index (χ1v) is 11.3. The summed E-state index contributed by atoms with van der Waals surface area (Å²) in [7, 11) is 0. The van der Waals surface area contributed by atoms with Gasteiger partial charge in [-0.05, 0) is 54.8 Å². The molecule has 0 aliphatic carbocycles. The molecule has 2 atom stereocenters. The van der Waals surface area contributed by atoms with Crippen LogP contribution < -0.4 is 10.9 Å². The highest BCUT2D eigenvalue weighted by molar-refractivity contribution is 6.04. The number of aryl methyl sites for hydroxylation is 2. The Kier molecular flexibility index (Phi) is 7.35. The van der Waals surface area contributed by atoms with E-state index in [1.54, 1.807) is 24.3 Å². The van der Waals surface area contributed by atoms with Crippen molar-refractivity contribution in [2.24, 2.45) is 5.92 Å². The molecular formula is C26H22F2N4O5. The van der Waals surface area contributed by atoms with Crippen molar-refractivity contribution in [3.05, 3.63) is 99.3 Å². The van der Waals surface area contributed by atoms with Gasteiger partial charge in [0.1, 0.15) is 5.52 Å². The number of aliphatic carboxylic acids is 1. The van der Waals surface area contributed by atoms with Crippen LogP contribution in [-0.4, -0.2) is 37.1 Å². The summed E-state index contributed by atoms with van der Waals surface area (Å²) >= 11 is 0. The number of nitrogens with one attached hydrogen (secondary N) is 1. The molecule has 4 aromatic rings. The molecule has 0 aliphatic rings. The fraction of sp³-hybridized carbons (Fsp3) is 0.192. The molecule has 0 radical (unpaired) electrons. The molecule has 0 unspecified atom stereocenters. The van der Waals surface area contributed by atoms with Crippen LogP contribution in [0.5, 0.6) is 0 Å². The molecule has 37 heavy (non-hydrogen) atoms. The molecule has 0 saturated carbocycles. The minimum atomic E-state index is -1.44. The van der Waals surface area contributed by atoms with Gasteiger partial charge in [0.05, 0.1) is 23.0 Å². The maximum atomic E-state index is 14.1. The summed E-state index contributed by atoms with van der Waals surface area (Å²) in [4.78, 5) is 36.8. The number of carbonyl (C=O) groups excluding carboxylic acids is 1. The minimum Gasteiger partial charge on any atom is -0.481 e. The lowest BCUT2D eigenvalue weighted by atomic mass is 9.92. The number of aromatic nitrogens is 3. The van der Waals surface area contributed by atoms with E-state index in [-0.39, 0.29) is 29.8 Å². The second-order valence-corrected chi connectivity index (χ2v) is 8.45. The van der Waals surface area contributed by atoms with Crippen LogP contribution in [0.1, 0.15) is 34.0 Å². The Hall–Kier alpha value is -4.51. The Morgan fingerprint density at radius 3 is 2.43 bits per heavy atom. The molecule has 0 saturated heterocycles. The van der Waals surface area contributed by atoms with Gasteiger partial charge in [-0.3, -0.25) is 14.4 Å². The van der Waals surface area contributed by atoms with Gasteiger partial charge in [-0.1, -0.05) is 35.5 Å². The second kappa shape index (κ2) is 10.6. The summed E-state index contributed by atoms with van der Waals surface area (Å²) < 4.78 is 28.9. The highest BCUT2D eigenvalue weighted by atomic mass is 19.2. The van der Waals surface area contributed by atoms with E-state index in [4.69, 9.17) is 0 Å². The third-order valence-corrected chi connectivity index (χ3v) is 6.01. The molecule has 11 heteroatoms. The van der Waals surface area contributed by atoms with Crippen molar-refractivity contribution in [1.29, 1.82) is 0 Å². The molecule has 3 N–H and O–H groups in total. The second-order valence-electron chi connectivity index (χ2n) is 8.45. The number of aliphatic hydroxyl groups is 1. The zero-order chi connectivity index (χ0) is 26.7. The van der Waals surface area contributed by atoms with Crippen molar-refractivity contribution in [3.63, 3.8) is 0 Å². The number of halogens is 2. The van der Waals surface area contributed by atoms with Crippen molar-refractivity contribution in [3.8, 4) is 0 Å². The lowest BCUT2D eigenvalue weighted by molar-refractivity contribution is -0.146. The van der Waals surface area contributed by atoms with Crippen LogP contribution in [0.3, 0.4) is 0 Å². The first kappa shape index (κ1) is 25.6. The molecule has 190 valence electrons. The molecule has 1 amide bonds. The molecule has 0 bridgehead atoms. The number of aliphatic hydroxyl groups excluding tert-OH is 1. The van der Waals surface area contributed by atoms with Crippen LogP contribution in [0.15, 0.2) is 65.5 Å². The SMILES string of the molecule is Cc1ccc(C(=O)Nc2ccc([C@@H](O)[C@H](CCn3nnc4ccccc4c3=O)C(=O)O)cc2)c(F)c1F. The zero-order valence-corrected chi connectivity index (χ0v) is 19.6. The molecule has 1 aromatic heterocycles. The fourth-order valence-corrected chi connectivity index (χ4v) is 3.86. The average Bonchev–Trinajstić information content (AvgIpc) is 2.89. The molecule has 0 aliphatic heterocycles. The summed E-state index contributed by atoms with van der Waals surface area (Å²) in [6.07, 6.45) is -1.55. The third kappa shape index (κ3) is 5.36. The molecule has 0 fully saturated rings. The van der Waals surface area contributed by atoms with Crippen LogP contribution in [0, 0.1) is 24.5 Å². The van der Waals surface area contributed by atoms with E-state index in [9.17, 15) is 33.4 Å². The van der Waals surface area contributed by atoms with Crippen molar-refractivity contribution in [1.82, 2.24) is 15.0 Å². The van der Waals surface area contributed by atoms with E-state index in [1.165, 1.54) is 43.3 Å². The Bertz CT molecular complexity index is 1540. The summed E-state index contributed by atoms with van der Waals surface area (Å²) in [5.41, 5.74) is 0.0689. The van der Waals surface area contributed by atoms with Gasteiger partial charge >= 0.3 is 5.97 Å². The highest BCUT2D eigenvalue weighted by Gasteiger charge is 2.28. The van der Waals surface area contributed by atoms with Crippen LogP contribution in [0.25, 0.3) is 10.9 Å². The zero-order valence-electron chi connectivity index (χ0n) is 19.6. The largest absolute Gasteiger partial charge is 0.481 e. The van der Waals surface area contributed by atoms with E-state index >= 15 is 0 Å². The number of amides is 1. The Balaban J connectivity index is 1.46. The van der Waals surface area contributed by atoms with Gasteiger partial charge in [0.15, 0.2) is 11.6 Å². The third-order valence-electron chi connectivity index (χ3n) is 6.01. The standard InChI is InChI=1S/C26H22F2N4O5/c1-14-6-11-18(22(28)21(14)27)24(34)29-16-9-7-15(8-10-16)23(33)19(26(36)37)12-13-32-25(35)17-4-2-3-5-20(17)30-31-32/h2-11,19,23,33H,12-13H2,1H3,(H,29,34)(H,36,37)/t19-,23+/m0/s1. The van der Waals surface area contributed by atoms with Crippen LogP contribution in [0.2, 0.25) is 0 Å². The van der Waals surface area contributed by atoms with E-state index in [2.05, 4.69) is 15.6 Å². The van der Waals surface area contributed by atoms with Gasteiger partial charge in [0.2, 0.25) is 0 Å². The topological polar surface area (TPSA) is 134 Å². The number of hydrogen-bond acceptors (Lipinski definition) is 6. The Morgan fingerprint density at radius 1 is 1.03 bits per heavy atom. The van der Waals surface area contributed by atoms with Gasteiger partial charge in [0.25, 0.3) is 11.5 Å². The van der Waals surface area contributed by atoms with Crippen molar-refractivity contribution >= 4 is 28.5 Å². The number of carboxylic acid groups (broad SMARTS) is 1. The van der Waals surface area contributed by atoms with Gasteiger partial charge in [-0.15, -0.1) is 5.10 Å². The quantitative estimate of drug-likeness (QED) is 0.332. The number of benzene rings is 3. The van der Waals surface area contributed by atoms with E-state index in [0.717, 1.165) is 4.68 Å². The number of rotatable bonds is 8. The summed E-state index contributed by atoms with van der Waals surface area (Å²) in [5, 5.41) is 31.0. The van der Waals surface area contributed by atoms with Crippen molar-refractivity contribution in [2.45, 2.75) is 26.0 Å². The van der Waals surface area contributed by atoms with Gasteiger partial charge < -0.3 is 15.5 Å². The molecule has 0 spiro atoms. The summed E-state index contributed by atoms with van der Waals surface area (Å²) in [6.45, 7) is 1.29. The van der Waals surface area contributed by atoms with Crippen molar-refractivity contribution in [2.75, 3.05) is 5.32 Å². The smallest absolute Gasteiger partial charge is 0.309 e. The van der Waals surface area contributed by atoms with Crippen LogP contribution in [0.4, 0.5) is 14.5 Å². The maximum Gasteiger partial charge on any atom is 0.309 e. The Morgan fingerprint density at radius 2 is 1.73 bits per heavy atom. The predicted octanol–water partition coefficient (Wildman–Crippen LogP) is 3.45. The Labute approximate surface area is 209 Å². The van der Waals surface area contributed by atoms with Crippen LogP contribution in [-0.2, 0) is 11.3 Å². The fourth-order valence-electron chi connectivity index (χ4n) is 3.86. The number of carbonyl (C=O) groups is 2. The number of nitrogens with zero attached hydrogens (tertiary/aromatic N) is 3. The van der Waals surface area contributed by atoms with Gasteiger partial charge in [-0.25, -0.2) is 13.5 Å². The summed E-state index contributed by atoms with van der Waals surface area (Å²) in [6, 6.07) is 14.7. The molecule has 4 rings (SSSR count). The molecular weight excluding hydrogens is 486 g/mol. The maximum absolute atomic E-state index is 14.1. The predicted molar refractivity (Wildman–Crippen MR) is 130 cm³/mol. The number of fused-ring (bicyclic) bond motifs is 1. The van der Waals surface area contributed by atoms with Crippen molar-refractivity contribution < 1.29 is 28.6 Å². The first-order chi connectivity index (χ1) is 17.7. The van der Waals surface area contributed by atoms with E-state index < -0.39 is 46.7 Å². The lowest BCUT2D eigenvalue weighted by Crippen LogP contribution is -2.29.